The van der Waals surface area contributed by atoms with E-state index in [0.29, 0.717) is 0 Å². The van der Waals surface area contributed by atoms with Crippen LogP contribution < -0.4 is 0 Å². The van der Waals surface area contributed by atoms with Crippen LogP contribution in [0, 0.1) is 0 Å². The van der Waals surface area contributed by atoms with E-state index < -0.39 is 0 Å². The third-order valence-electron chi connectivity index (χ3n) is 2.53. The fourth-order valence-corrected chi connectivity index (χ4v) is 3.62. The Morgan fingerprint density at radius 2 is 1.68 bits per heavy atom. The van der Waals surface area contributed by atoms with Crippen LogP contribution in [0.4, 0.5) is 0 Å². The van der Waals surface area contributed by atoms with Gasteiger partial charge in [0.2, 0.25) is 0 Å². The van der Waals surface area contributed by atoms with Gasteiger partial charge in [-0.15, -0.1) is 5.10 Å². The fraction of sp³-hybridized carbons (Fsp3) is 0. The molecule has 0 fully saturated rings. The molecule has 0 N–H and O–H groups in total. The Kier molecular flexibility index (Phi) is 3.96. The molecule has 0 aliphatic rings. The zero-order valence-electron chi connectivity index (χ0n) is 9.79. The number of halogens is 1. The highest BCUT2D eigenvalue weighted by atomic mass is 79.9. The van der Waals surface area contributed by atoms with Crippen molar-refractivity contribution in [1.82, 2.24) is 9.59 Å². The van der Waals surface area contributed by atoms with Crippen LogP contribution in [0.25, 0.3) is 11.3 Å². The zero-order chi connectivity index (χ0) is 13.1. The summed E-state index contributed by atoms with van der Waals surface area (Å²) >= 11 is 6.57. The Balaban J connectivity index is 1.91. The maximum atomic E-state index is 4.24. The highest BCUT2D eigenvalue weighted by molar-refractivity contribution is 9.10. The lowest BCUT2D eigenvalue weighted by Gasteiger charge is -2.01. The Morgan fingerprint density at radius 1 is 0.947 bits per heavy atom. The lowest BCUT2D eigenvalue weighted by Crippen LogP contribution is -1.79. The molecule has 0 bridgehead atoms. The molecule has 0 saturated carbocycles. The van der Waals surface area contributed by atoms with E-state index in [1.165, 1.54) is 16.4 Å². The summed E-state index contributed by atoms with van der Waals surface area (Å²) in [4.78, 5) is 1.19. The van der Waals surface area contributed by atoms with Gasteiger partial charge in [-0.3, -0.25) is 0 Å². The van der Waals surface area contributed by atoms with Crippen molar-refractivity contribution >= 4 is 39.2 Å². The summed E-state index contributed by atoms with van der Waals surface area (Å²) in [6.45, 7) is 0. The molecule has 19 heavy (non-hydrogen) atoms. The van der Waals surface area contributed by atoms with Crippen LogP contribution in [-0.2, 0) is 0 Å². The quantitative estimate of drug-likeness (QED) is 0.656. The second kappa shape index (κ2) is 5.86. The average molecular weight is 349 g/mol. The van der Waals surface area contributed by atoms with E-state index in [9.17, 15) is 0 Å². The van der Waals surface area contributed by atoms with Gasteiger partial charge in [-0.1, -0.05) is 62.5 Å². The Morgan fingerprint density at radius 3 is 2.42 bits per heavy atom. The number of rotatable bonds is 3. The standard InChI is InChI=1S/C14H9BrN2S2/c15-11-6-8-12(9-7-11)18-14-13(16-17-19-14)10-4-2-1-3-5-10/h1-9H. The van der Waals surface area contributed by atoms with Gasteiger partial charge in [0.05, 0.1) is 0 Å². The molecule has 3 rings (SSSR count). The summed E-state index contributed by atoms with van der Waals surface area (Å²) in [5, 5.41) is 4.24. The SMILES string of the molecule is Brc1ccc(Sc2snnc2-c2ccccc2)cc1. The Labute approximate surface area is 128 Å². The summed E-state index contributed by atoms with van der Waals surface area (Å²) in [5.41, 5.74) is 2.06. The topological polar surface area (TPSA) is 25.8 Å². The van der Waals surface area contributed by atoms with Gasteiger partial charge in [-0.25, -0.2) is 0 Å². The van der Waals surface area contributed by atoms with Crippen molar-refractivity contribution < 1.29 is 0 Å². The van der Waals surface area contributed by atoms with Crippen LogP contribution >= 0.6 is 39.2 Å². The molecular weight excluding hydrogens is 340 g/mol. The van der Waals surface area contributed by atoms with Crippen LogP contribution in [0.15, 0.2) is 68.2 Å². The van der Waals surface area contributed by atoms with Crippen LogP contribution in [0.3, 0.4) is 0 Å². The number of hydrogen-bond acceptors (Lipinski definition) is 4. The maximum Gasteiger partial charge on any atom is 0.119 e. The van der Waals surface area contributed by atoms with Gasteiger partial charge >= 0.3 is 0 Å². The molecule has 0 aliphatic carbocycles. The van der Waals surface area contributed by atoms with Crippen LogP contribution in [0.5, 0.6) is 0 Å². The third-order valence-corrected chi connectivity index (χ3v) is 4.94. The van der Waals surface area contributed by atoms with Crippen molar-refractivity contribution in [2.45, 2.75) is 9.10 Å². The molecule has 0 radical (unpaired) electrons. The molecule has 1 heterocycles. The average Bonchev–Trinajstić information content (AvgIpc) is 2.90. The van der Waals surface area contributed by atoms with Gasteiger partial charge < -0.3 is 0 Å². The third kappa shape index (κ3) is 3.05. The molecule has 3 aromatic rings. The normalized spacial score (nSPS) is 10.6. The van der Waals surface area contributed by atoms with Crippen molar-refractivity contribution in [2.75, 3.05) is 0 Å². The molecule has 1 aromatic heterocycles. The lowest BCUT2D eigenvalue weighted by molar-refractivity contribution is 1.15. The van der Waals surface area contributed by atoms with Gasteiger partial charge in [0.1, 0.15) is 9.90 Å². The molecule has 0 spiro atoms. The first-order valence-corrected chi connectivity index (χ1v) is 8.02. The predicted octanol–water partition coefficient (Wildman–Crippen LogP) is 5.12. The van der Waals surface area contributed by atoms with E-state index in [1.807, 2.05) is 30.3 Å². The molecule has 0 saturated heterocycles. The maximum absolute atomic E-state index is 4.24. The van der Waals surface area contributed by atoms with Gasteiger partial charge in [0.25, 0.3) is 0 Å². The summed E-state index contributed by atoms with van der Waals surface area (Å²) in [6, 6.07) is 18.4. The number of nitrogens with zero attached hydrogens (tertiary/aromatic N) is 2. The second-order valence-electron chi connectivity index (χ2n) is 3.83. The molecule has 0 aliphatic heterocycles. The van der Waals surface area contributed by atoms with Crippen molar-refractivity contribution in [3.63, 3.8) is 0 Å². The predicted molar refractivity (Wildman–Crippen MR) is 83.6 cm³/mol. The number of benzene rings is 2. The van der Waals surface area contributed by atoms with Gasteiger partial charge in [-0.05, 0) is 35.8 Å². The van der Waals surface area contributed by atoms with E-state index in [2.05, 4.69) is 49.8 Å². The molecule has 2 nitrogen and oxygen atoms in total. The smallest absolute Gasteiger partial charge is 0.119 e. The van der Waals surface area contributed by atoms with E-state index in [0.717, 1.165) is 19.9 Å². The molecule has 0 unspecified atom stereocenters. The number of aromatic nitrogens is 2. The fourth-order valence-electron chi connectivity index (χ4n) is 1.63. The highest BCUT2D eigenvalue weighted by Crippen LogP contribution is 2.37. The summed E-state index contributed by atoms with van der Waals surface area (Å²) in [5.74, 6) is 0. The van der Waals surface area contributed by atoms with Crippen LogP contribution in [0.1, 0.15) is 0 Å². The molecule has 94 valence electrons. The second-order valence-corrected chi connectivity index (χ2v) is 6.84. The minimum absolute atomic E-state index is 0.957. The monoisotopic (exact) mass is 348 g/mol. The van der Waals surface area contributed by atoms with E-state index in [4.69, 9.17) is 0 Å². The van der Waals surface area contributed by atoms with E-state index in [1.54, 1.807) is 11.8 Å². The van der Waals surface area contributed by atoms with Gasteiger partial charge in [-0.2, -0.15) is 0 Å². The van der Waals surface area contributed by atoms with Crippen molar-refractivity contribution in [1.29, 1.82) is 0 Å². The van der Waals surface area contributed by atoms with Crippen molar-refractivity contribution in [2.24, 2.45) is 0 Å². The highest BCUT2D eigenvalue weighted by Gasteiger charge is 2.11. The van der Waals surface area contributed by atoms with Gasteiger partial charge in [0, 0.05) is 14.9 Å². The summed E-state index contributed by atoms with van der Waals surface area (Å²) < 4.78 is 6.28. The molecule has 5 heteroatoms. The minimum Gasteiger partial charge on any atom is -0.137 e. The summed E-state index contributed by atoms with van der Waals surface area (Å²) in [6.07, 6.45) is 0. The van der Waals surface area contributed by atoms with Crippen molar-refractivity contribution in [3.8, 4) is 11.3 Å². The zero-order valence-corrected chi connectivity index (χ0v) is 13.0. The minimum atomic E-state index is 0.957. The van der Waals surface area contributed by atoms with E-state index >= 15 is 0 Å². The van der Waals surface area contributed by atoms with E-state index in [-0.39, 0.29) is 0 Å². The Hall–Kier alpha value is -1.17. The Bertz CT molecular complexity index is 665. The molecule has 0 amide bonds. The van der Waals surface area contributed by atoms with Crippen molar-refractivity contribution in [3.05, 3.63) is 59.1 Å². The first-order chi connectivity index (χ1) is 9.33. The van der Waals surface area contributed by atoms with Gasteiger partial charge in [0.15, 0.2) is 0 Å². The molecule has 2 aromatic carbocycles. The summed E-state index contributed by atoms with van der Waals surface area (Å²) in [7, 11) is 0. The molecular formula is C14H9BrN2S2. The first-order valence-electron chi connectivity index (χ1n) is 5.64. The largest absolute Gasteiger partial charge is 0.137 e. The number of hydrogen-bond donors (Lipinski definition) is 0. The lowest BCUT2D eigenvalue weighted by atomic mass is 10.2. The van der Waals surface area contributed by atoms with Crippen LogP contribution in [-0.4, -0.2) is 9.59 Å². The molecule has 0 atom stereocenters. The van der Waals surface area contributed by atoms with Crippen LogP contribution in [0.2, 0.25) is 0 Å². The first kappa shape index (κ1) is 12.8.